The molecule has 1 atom stereocenters. The minimum absolute atomic E-state index is 0.0374. The quantitative estimate of drug-likeness (QED) is 0.282. The summed E-state index contributed by atoms with van der Waals surface area (Å²) in [5.74, 6) is 1.04. The summed E-state index contributed by atoms with van der Waals surface area (Å²) in [6.07, 6.45) is 4.09. The van der Waals surface area contributed by atoms with Gasteiger partial charge < -0.3 is 4.74 Å². The lowest BCUT2D eigenvalue weighted by molar-refractivity contribution is 0.296. The van der Waals surface area contributed by atoms with Gasteiger partial charge in [-0.15, -0.1) is 0 Å². The Hall–Kier alpha value is -2.44. The first-order valence-electron chi connectivity index (χ1n) is 10.7. The van der Waals surface area contributed by atoms with Gasteiger partial charge in [-0.1, -0.05) is 95.2 Å². The van der Waals surface area contributed by atoms with Gasteiger partial charge in [-0.05, 0) is 41.8 Å². The van der Waals surface area contributed by atoms with Crippen molar-refractivity contribution in [1.82, 2.24) is 0 Å². The van der Waals surface area contributed by atoms with Crippen LogP contribution in [-0.4, -0.2) is 13.3 Å². The van der Waals surface area contributed by atoms with E-state index in [1.165, 1.54) is 27.6 Å². The average molecular weight is 418 g/mol. The van der Waals surface area contributed by atoms with Crippen molar-refractivity contribution in [2.24, 2.45) is 4.99 Å². The van der Waals surface area contributed by atoms with Crippen LogP contribution in [0.15, 0.2) is 77.8 Å². The molecule has 0 spiro atoms. The minimum atomic E-state index is 0.0374. The summed E-state index contributed by atoms with van der Waals surface area (Å²) in [6.45, 7) is 7.35. The molecule has 1 unspecified atom stereocenters. The molecule has 0 heterocycles. The van der Waals surface area contributed by atoms with Crippen molar-refractivity contribution in [3.8, 4) is 5.75 Å². The molecule has 30 heavy (non-hydrogen) atoms. The van der Waals surface area contributed by atoms with Gasteiger partial charge in [-0.2, -0.15) is 0 Å². The highest BCUT2D eigenvalue weighted by atomic mass is 31.1. The molecule has 0 aromatic heterocycles. The smallest absolute Gasteiger partial charge is 0.126 e. The second kappa shape index (κ2) is 10.5. The number of para-hydroxylation sites is 1. The van der Waals surface area contributed by atoms with E-state index in [9.17, 15) is 0 Å². The molecule has 0 aliphatic heterocycles. The van der Waals surface area contributed by atoms with Gasteiger partial charge >= 0.3 is 0 Å². The third-order valence-corrected chi connectivity index (χ3v) is 7.94. The van der Waals surface area contributed by atoms with Crippen LogP contribution in [0.3, 0.4) is 0 Å². The molecule has 156 valence electrons. The maximum Gasteiger partial charge on any atom is 0.126 e. The molecular weight excluding hydrogens is 385 g/mol. The van der Waals surface area contributed by atoms with Crippen LogP contribution in [0.25, 0.3) is 0 Å². The molecule has 3 rings (SSSR count). The Bertz CT molecular complexity index is 977. The Morgan fingerprint density at radius 1 is 0.900 bits per heavy atom. The van der Waals surface area contributed by atoms with E-state index < -0.39 is 0 Å². The van der Waals surface area contributed by atoms with Crippen LogP contribution in [0.1, 0.15) is 48.9 Å². The minimum Gasteiger partial charge on any atom is -0.488 e. The zero-order chi connectivity index (χ0) is 21.4. The first-order chi connectivity index (χ1) is 14.6. The topological polar surface area (TPSA) is 21.6 Å². The molecule has 2 nitrogen and oxygen atoms in total. The van der Waals surface area contributed by atoms with E-state index in [0.717, 1.165) is 18.6 Å². The Morgan fingerprint density at radius 2 is 1.60 bits per heavy atom. The van der Waals surface area contributed by atoms with Crippen molar-refractivity contribution < 1.29 is 4.74 Å². The number of nitrogens with zero attached hydrogens (tertiary/aromatic N) is 1. The second-order valence-electron chi connectivity index (χ2n) is 7.61. The molecule has 0 saturated carbocycles. The number of benzene rings is 3. The standard InChI is InChI=1S/C27H32NOP/c1-5-27(6-2,30-25-18-11-10-16-23(25)19-28-4)24-17-12-13-21(3)26(24)29-20-22-14-8-7-9-15-22/h7-19,30H,5-6,20H2,1-4H3. The summed E-state index contributed by atoms with van der Waals surface area (Å²) >= 11 is 0. The monoisotopic (exact) mass is 417 g/mol. The lowest BCUT2D eigenvalue weighted by Gasteiger charge is -2.35. The number of ether oxygens (including phenoxy) is 1. The molecule has 0 aliphatic carbocycles. The summed E-state index contributed by atoms with van der Waals surface area (Å²) in [4.78, 5) is 4.27. The normalized spacial score (nSPS) is 12.1. The maximum atomic E-state index is 6.46. The van der Waals surface area contributed by atoms with Gasteiger partial charge in [-0.25, -0.2) is 0 Å². The highest BCUT2D eigenvalue weighted by Gasteiger charge is 2.33. The summed E-state index contributed by atoms with van der Waals surface area (Å²) in [7, 11) is 2.48. The van der Waals surface area contributed by atoms with Gasteiger partial charge in [0.25, 0.3) is 0 Å². The summed E-state index contributed by atoms with van der Waals surface area (Å²) in [5, 5.41) is 1.40. The number of aliphatic imine (C=N–C) groups is 1. The van der Waals surface area contributed by atoms with E-state index in [1.807, 2.05) is 19.3 Å². The van der Waals surface area contributed by atoms with Gasteiger partial charge in [0, 0.05) is 24.0 Å². The van der Waals surface area contributed by atoms with Gasteiger partial charge in [0.1, 0.15) is 12.4 Å². The van der Waals surface area contributed by atoms with Gasteiger partial charge in [0.05, 0.1) is 0 Å². The van der Waals surface area contributed by atoms with E-state index in [-0.39, 0.29) is 5.16 Å². The van der Waals surface area contributed by atoms with E-state index in [4.69, 9.17) is 4.74 Å². The molecule has 0 saturated heterocycles. The molecule has 0 fully saturated rings. The molecule has 3 aromatic rings. The molecule has 0 radical (unpaired) electrons. The lowest BCUT2D eigenvalue weighted by atomic mass is 9.90. The van der Waals surface area contributed by atoms with Crippen LogP contribution in [0, 0.1) is 6.92 Å². The predicted octanol–water partition coefficient (Wildman–Crippen LogP) is 6.64. The van der Waals surface area contributed by atoms with Crippen LogP contribution in [-0.2, 0) is 11.8 Å². The Balaban J connectivity index is 2.00. The Labute approximate surface area is 183 Å². The number of aryl methyl sites for hydroxylation is 1. The van der Waals surface area contributed by atoms with Crippen LogP contribution >= 0.6 is 8.58 Å². The number of hydrogen-bond acceptors (Lipinski definition) is 2. The highest BCUT2D eigenvalue weighted by molar-refractivity contribution is 7.48. The van der Waals surface area contributed by atoms with Gasteiger partial charge in [0.15, 0.2) is 0 Å². The van der Waals surface area contributed by atoms with E-state index in [2.05, 4.69) is 92.5 Å². The molecule has 3 aromatic carbocycles. The summed E-state index contributed by atoms with van der Waals surface area (Å²) in [5.41, 5.74) is 4.93. The van der Waals surface area contributed by atoms with E-state index in [1.54, 1.807) is 0 Å². The summed E-state index contributed by atoms with van der Waals surface area (Å²) in [6, 6.07) is 25.6. The van der Waals surface area contributed by atoms with Crippen molar-refractivity contribution in [2.45, 2.75) is 45.4 Å². The van der Waals surface area contributed by atoms with Crippen LogP contribution in [0.2, 0.25) is 0 Å². The highest BCUT2D eigenvalue weighted by Crippen LogP contribution is 2.51. The maximum absolute atomic E-state index is 6.46. The van der Waals surface area contributed by atoms with Gasteiger partial charge in [-0.3, -0.25) is 4.99 Å². The predicted molar refractivity (Wildman–Crippen MR) is 132 cm³/mol. The Morgan fingerprint density at radius 3 is 2.30 bits per heavy atom. The first kappa shape index (κ1) is 22.2. The fourth-order valence-electron chi connectivity index (χ4n) is 3.95. The van der Waals surface area contributed by atoms with E-state index >= 15 is 0 Å². The van der Waals surface area contributed by atoms with Gasteiger partial charge in [0.2, 0.25) is 0 Å². The molecular formula is C27H32NOP. The fourth-order valence-corrected chi connectivity index (χ4v) is 5.62. The van der Waals surface area contributed by atoms with Crippen LogP contribution < -0.4 is 10.0 Å². The molecule has 0 N–H and O–H groups in total. The molecule has 0 aliphatic rings. The van der Waals surface area contributed by atoms with Crippen LogP contribution in [0.5, 0.6) is 5.75 Å². The van der Waals surface area contributed by atoms with Crippen molar-refractivity contribution in [3.05, 3.63) is 95.1 Å². The van der Waals surface area contributed by atoms with Crippen molar-refractivity contribution in [2.75, 3.05) is 7.05 Å². The third kappa shape index (κ3) is 4.99. The largest absolute Gasteiger partial charge is 0.488 e. The first-order valence-corrected chi connectivity index (χ1v) is 11.7. The second-order valence-corrected chi connectivity index (χ2v) is 9.36. The zero-order valence-corrected chi connectivity index (χ0v) is 19.5. The van der Waals surface area contributed by atoms with Crippen molar-refractivity contribution >= 4 is 20.1 Å². The average Bonchev–Trinajstić information content (AvgIpc) is 2.79. The van der Waals surface area contributed by atoms with Crippen LogP contribution in [0.4, 0.5) is 0 Å². The Kier molecular flexibility index (Phi) is 7.82. The van der Waals surface area contributed by atoms with Crippen molar-refractivity contribution in [1.29, 1.82) is 0 Å². The zero-order valence-electron chi connectivity index (χ0n) is 18.5. The number of hydrogen-bond donors (Lipinski definition) is 0. The molecule has 0 bridgehead atoms. The lowest BCUT2D eigenvalue weighted by Crippen LogP contribution is -2.24. The molecule has 3 heteroatoms. The fraction of sp³-hybridized carbons (Fsp3) is 0.296. The number of rotatable bonds is 9. The SMILES string of the molecule is CCC(CC)(Pc1ccccc1C=NC)c1cccc(C)c1OCc1ccccc1. The van der Waals surface area contributed by atoms with E-state index in [0.29, 0.717) is 15.2 Å². The van der Waals surface area contributed by atoms with Crippen molar-refractivity contribution in [3.63, 3.8) is 0 Å². The molecule has 0 amide bonds. The third-order valence-electron chi connectivity index (χ3n) is 5.76. The summed E-state index contributed by atoms with van der Waals surface area (Å²) < 4.78 is 6.46.